The zero-order chi connectivity index (χ0) is 16.6. The van der Waals surface area contributed by atoms with Crippen molar-refractivity contribution < 1.29 is 10.1 Å². The van der Waals surface area contributed by atoms with E-state index >= 15 is 0 Å². The fraction of sp³-hybridized carbons (Fsp3) is 1.00. The number of unbranched alkanes of at least 4 members (excludes halogenated alkanes) is 7. The first-order valence-corrected chi connectivity index (χ1v) is 9.86. The van der Waals surface area contributed by atoms with Gasteiger partial charge in [0.05, 0.1) is 6.10 Å². The van der Waals surface area contributed by atoms with E-state index in [1.807, 2.05) is 0 Å². The van der Waals surface area contributed by atoms with Gasteiger partial charge in [-0.2, -0.15) is 0 Å². The minimum absolute atomic E-state index is 0.0702. The average molecular weight is 315 g/mol. The number of hydrogen-bond acceptors (Lipinski definition) is 2. The summed E-state index contributed by atoms with van der Waals surface area (Å²) in [5.41, 5.74) is 0. The predicted molar refractivity (Wildman–Crippen MR) is 97.2 cm³/mol. The van der Waals surface area contributed by atoms with Crippen molar-refractivity contribution in [2.45, 2.75) is 117 Å². The third-order valence-corrected chi connectivity index (χ3v) is 4.51. The molecule has 0 radical (unpaired) electrons. The molecule has 0 aromatic rings. The smallest absolute Gasteiger partial charge is 0.0927 e. The fourth-order valence-corrected chi connectivity index (χ4v) is 2.98. The molecule has 0 rings (SSSR count). The van der Waals surface area contributed by atoms with E-state index in [0.29, 0.717) is 0 Å². The van der Waals surface area contributed by atoms with E-state index in [-0.39, 0.29) is 6.10 Å². The van der Waals surface area contributed by atoms with Gasteiger partial charge in [-0.1, -0.05) is 98.3 Å². The van der Waals surface area contributed by atoms with Gasteiger partial charge in [0.25, 0.3) is 0 Å². The van der Waals surface area contributed by atoms with Crippen LogP contribution in [0, 0.1) is 11.8 Å². The highest BCUT2D eigenvalue weighted by Gasteiger charge is 2.08. The highest BCUT2D eigenvalue weighted by Crippen LogP contribution is 2.17. The van der Waals surface area contributed by atoms with Crippen LogP contribution in [0.2, 0.25) is 0 Å². The first-order valence-electron chi connectivity index (χ1n) is 9.86. The Bertz CT molecular complexity index is 214. The van der Waals surface area contributed by atoms with Crippen molar-refractivity contribution in [1.82, 2.24) is 0 Å². The Morgan fingerprint density at radius 2 is 0.864 bits per heavy atom. The minimum Gasteiger partial charge on any atom is -0.252 e. The zero-order valence-electron chi connectivity index (χ0n) is 15.8. The molecule has 0 aromatic heterocycles. The molecular weight excluding hydrogens is 272 g/mol. The monoisotopic (exact) mass is 314 g/mol. The van der Waals surface area contributed by atoms with Crippen LogP contribution < -0.4 is 0 Å². The summed E-state index contributed by atoms with van der Waals surface area (Å²) in [6.45, 7) is 9.18. The van der Waals surface area contributed by atoms with Gasteiger partial charge in [-0.25, -0.2) is 4.89 Å². The summed E-state index contributed by atoms with van der Waals surface area (Å²) in [4.78, 5) is 4.65. The minimum atomic E-state index is 0.0702. The van der Waals surface area contributed by atoms with Gasteiger partial charge < -0.3 is 0 Å². The van der Waals surface area contributed by atoms with Crippen LogP contribution in [-0.2, 0) is 4.89 Å². The van der Waals surface area contributed by atoms with Crippen molar-refractivity contribution in [3.05, 3.63) is 0 Å². The molecule has 0 aliphatic carbocycles. The van der Waals surface area contributed by atoms with Crippen LogP contribution in [-0.4, -0.2) is 11.4 Å². The summed E-state index contributed by atoms with van der Waals surface area (Å²) in [7, 11) is 0. The summed E-state index contributed by atoms with van der Waals surface area (Å²) in [5, 5.41) is 9.00. The Kier molecular flexibility index (Phi) is 15.7. The second-order valence-corrected chi connectivity index (χ2v) is 7.85. The molecule has 2 nitrogen and oxygen atoms in total. The highest BCUT2D eigenvalue weighted by molar-refractivity contribution is 4.59. The zero-order valence-corrected chi connectivity index (χ0v) is 15.8. The molecule has 0 bridgehead atoms. The molecule has 1 atom stereocenters. The normalized spacial score (nSPS) is 13.2. The van der Waals surface area contributed by atoms with Crippen molar-refractivity contribution in [2.75, 3.05) is 0 Å². The summed E-state index contributed by atoms with van der Waals surface area (Å²) in [5.74, 6) is 1.67. The lowest BCUT2D eigenvalue weighted by Gasteiger charge is -2.13. The summed E-state index contributed by atoms with van der Waals surface area (Å²) in [6, 6.07) is 0. The van der Waals surface area contributed by atoms with E-state index in [1.54, 1.807) is 0 Å². The second-order valence-electron chi connectivity index (χ2n) is 7.85. The van der Waals surface area contributed by atoms with E-state index in [1.165, 1.54) is 70.6 Å². The van der Waals surface area contributed by atoms with Crippen molar-refractivity contribution >= 4 is 0 Å². The lowest BCUT2D eigenvalue weighted by molar-refractivity contribution is -0.281. The molecule has 0 aromatic carbocycles. The van der Waals surface area contributed by atoms with Gasteiger partial charge >= 0.3 is 0 Å². The average Bonchev–Trinajstić information content (AvgIpc) is 2.46. The Morgan fingerprint density at radius 3 is 1.18 bits per heavy atom. The van der Waals surface area contributed by atoms with Crippen molar-refractivity contribution in [3.8, 4) is 0 Å². The van der Waals surface area contributed by atoms with Crippen LogP contribution >= 0.6 is 0 Å². The molecule has 0 fully saturated rings. The van der Waals surface area contributed by atoms with E-state index in [2.05, 4.69) is 32.6 Å². The maximum Gasteiger partial charge on any atom is 0.0927 e. The Balaban J connectivity index is 3.36. The topological polar surface area (TPSA) is 29.5 Å². The van der Waals surface area contributed by atoms with Crippen LogP contribution in [0.4, 0.5) is 0 Å². The molecular formula is C20H42O2. The molecule has 0 heterocycles. The van der Waals surface area contributed by atoms with Gasteiger partial charge in [0.15, 0.2) is 0 Å². The first kappa shape index (κ1) is 21.9. The van der Waals surface area contributed by atoms with Crippen molar-refractivity contribution in [2.24, 2.45) is 11.8 Å². The Morgan fingerprint density at radius 1 is 0.545 bits per heavy atom. The third-order valence-electron chi connectivity index (χ3n) is 4.51. The maximum atomic E-state index is 9.00. The Labute approximate surface area is 140 Å². The quantitative estimate of drug-likeness (QED) is 0.185. The molecule has 0 saturated heterocycles. The molecule has 1 unspecified atom stereocenters. The third kappa shape index (κ3) is 16.3. The molecule has 0 aliphatic heterocycles. The summed E-state index contributed by atoms with van der Waals surface area (Å²) >= 11 is 0. The van der Waals surface area contributed by atoms with Gasteiger partial charge in [-0.15, -0.1) is 0 Å². The highest BCUT2D eigenvalue weighted by atomic mass is 17.1. The SMILES string of the molecule is CC(C)CCCCCCCC(CCCCCCC(C)C)OO. The van der Waals surface area contributed by atoms with Crippen molar-refractivity contribution in [1.29, 1.82) is 0 Å². The molecule has 22 heavy (non-hydrogen) atoms. The molecule has 134 valence electrons. The van der Waals surface area contributed by atoms with E-state index in [9.17, 15) is 0 Å². The maximum absolute atomic E-state index is 9.00. The van der Waals surface area contributed by atoms with Gasteiger partial charge in [-0.05, 0) is 24.7 Å². The van der Waals surface area contributed by atoms with E-state index in [4.69, 9.17) is 5.26 Å². The fourth-order valence-electron chi connectivity index (χ4n) is 2.98. The number of hydrogen-bond donors (Lipinski definition) is 1. The van der Waals surface area contributed by atoms with Crippen LogP contribution in [0.25, 0.3) is 0 Å². The molecule has 0 spiro atoms. The van der Waals surface area contributed by atoms with Gasteiger partial charge in [0, 0.05) is 0 Å². The van der Waals surface area contributed by atoms with Crippen LogP contribution in [0.5, 0.6) is 0 Å². The largest absolute Gasteiger partial charge is 0.252 e. The molecule has 0 amide bonds. The Hall–Kier alpha value is -0.0800. The van der Waals surface area contributed by atoms with Crippen molar-refractivity contribution in [3.63, 3.8) is 0 Å². The predicted octanol–water partition coefficient (Wildman–Crippen LogP) is 7.23. The second kappa shape index (κ2) is 15.8. The van der Waals surface area contributed by atoms with Gasteiger partial charge in [-0.3, -0.25) is 5.26 Å². The lowest BCUT2D eigenvalue weighted by Crippen LogP contribution is -2.10. The molecule has 2 heteroatoms. The van der Waals surface area contributed by atoms with Gasteiger partial charge in [0.1, 0.15) is 0 Å². The van der Waals surface area contributed by atoms with Gasteiger partial charge in [0.2, 0.25) is 0 Å². The van der Waals surface area contributed by atoms with Crippen LogP contribution in [0.15, 0.2) is 0 Å². The number of rotatable bonds is 16. The first-order chi connectivity index (χ1) is 10.6. The van der Waals surface area contributed by atoms with E-state index < -0.39 is 0 Å². The van der Waals surface area contributed by atoms with Crippen LogP contribution in [0.3, 0.4) is 0 Å². The standard InChI is InChI=1S/C20H42O2/c1-18(2)14-10-6-5-7-12-16-20(22-21)17-13-9-8-11-15-19(3)4/h18-21H,5-17H2,1-4H3. The summed E-state index contributed by atoms with van der Waals surface area (Å²) in [6.07, 6.45) is 16.5. The van der Waals surface area contributed by atoms with Crippen LogP contribution in [0.1, 0.15) is 111 Å². The molecule has 0 aliphatic rings. The van der Waals surface area contributed by atoms with E-state index in [0.717, 1.165) is 24.7 Å². The lowest BCUT2D eigenvalue weighted by atomic mass is 10.00. The molecule has 1 N–H and O–H groups in total. The summed E-state index contributed by atoms with van der Waals surface area (Å²) < 4.78 is 0. The molecule has 0 saturated carbocycles.